The van der Waals surface area contributed by atoms with Gasteiger partial charge in [-0.2, -0.15) is 0 Å². The van der Waals surface area contributed by atoms with Crippen molar-refractivity contribution in [1.82, 2.24) is 15.0 Å². The average Bonchev–Trinajstić information content (AvgIpc) is 2.45. The fourth-order valence-electron chi connectivity index (χ4n) is 1.89. The van der Waals surface area contributed by atoms with E-state index in [1.165, 1.54) is 11.9 Å². The number of nitrogens with one attached hydrogen (secondary N) is 1. The number of benzene rings is 1. The summed E-state index contributed by atoms with van der Waals surface area (Å²) in [6, 6.07) is 11.9. The van der Waals surface area contributed by atoms with E-state index in [4.69, 9.17) is 5.73 Å². The second-order valence-corrected chi connectivity index (χ2v) is 4.19. The van der Waals surface area contributed by atoms with Gasteiger partial charge in [0.05, 0.1) is 10.9 Å². The molecule has 0 atom stereocenters. The van der Waals surface area contributed by atoms with E-state index in [9.17, 15) is 0 Å². The predicted octanol–water partition coefficient (Wildman–Crippen LogP) is 2.22. The summed E-state index contributed by atoms with van der Waals surface area (Å²) in [5, 5.41) is 4.16. The Morgan fingerprint density at radius 2 is 1.89 bits per heavy atom. The molecular weight excluding hydrogens is 238 g/mol. The maximum atomic E-state index is 5.65. The number of pyridine rings is 1. The SMILES string of the molecule is Nc1cc2ncnc(NCc3ccccc3)c2cn1. The van der Waals surface area contributed by atoms with Crippen molar-refractivity contribution in [1.29, 1.82) is 0 Å². The standard InChI is InChI=1S/C14H13N5/c15-13-6-12-11(8-16-13)14(19-9-18-12)17-7-10-4-2-1-3-5-10/h1-6,8-9H,7H2,(H2,15,16)(H,17,18,19). The molecule has 3 aromatic rings. The monoisotopic (exact) mass is 251 g/mol. The molecule has 2 aromatic heterocycles. The van der Waals surface area contributed by atoms with Gasteiger partial charge in [0.15, 0.2) is 0 Å². The molecule has 1 aromatic carbocycles. The van der Waals surface area contributed by atoms with Crippen LogP contribution in [-0.2, 0) is 6.54 Å². The van der Waals surface area contributed by atoms with E-state index in [-0.39, 0.29) is 0 Å². The van der Waals surface area contributed by atoms with Crippen LogP contribution >= 0.6 is 0 Å². The van der Waals surface area contributed by atoms with Crippen LogP contribution in [0.5, 0.6) is 0 Å². The summed E-state index contributed by atoms with van der Waals surface area (Å²) in [5.74, 6) is 1.22. The molecule has 5 nitrogen and oxygen atoms in total. The Balaban J connectivity index is 1.89. The summed E-state index contributed by atoms with van der Waals surface area (Å²) in [7, 11) is 0. The summed E-state index contributed by atoms with van der Waals surface area (Å²) in [6.07, 6.45) is 3.22. The Labute approximate surface area is 110 Å². The third kappa shape index (κ3) is 2.44. The molecule has 94 valence electrons. The van der Waals surface area contributed by atoms with E-state index in [1.54, 1.807) is 12.3 Å². The summed E-state index contributed by atoms with van der Waals surface area (Å²) in [5.41, 5.74) is 7.63. The van der Waals surface area contributed by atoms with Gasteiger partial charge in [-0.05, 0) is 5.56 Å². The molecule has 0 saturated heterocycles. The Bertz CT molecular complexity index is 697. The highest BCUT2D eigenvalue weighted by atomic mass is 15.0. The fourth-order valence-corrected chi connectivity index (χ4v) is 1.89. The van der Waals surface area contributed by atoms with Crippen LogP contribution in [0.2, 0.25) is 0 Å². The van der Waals surface area contributed by atoms with Gasteiger partial charge in [0.2, 0.25) is 0 Å². The summed E-state index contributed by atoms with van der Waals surface area (Å²) >= 11 is 0. The molecule has 5 heteroatoms. The number of fused-ring (bicyclic) bond motifs is 1. The zero-order valence-electron chi connectivity index (χ0n) is 10.2. The Kier molecular flexibility index (Phi) is 2.94. The van der Waals surface area contributed by atoms with E-state index < -0.39 is 0 Å². The number of nitrogens with two attached hydrogens (primary N) is 1. The molecule has 0 unspecified atom stereocenters. The molecule has 0 aliphatic heterocycles. The van der Waals surface area contributed by atoms with Gasteiger partial charge in [-0.3, -0.25) is 0 Å². The molecule has 0 radical (unpaired) electrons. The van der Waals surface area contributed by atoms with Crippen LogP contribution in [0.3, 0.4) is 0 Å². The minimum absolute atomic E-state index is 0.459. The van der Waals surface area contributed by atoms with Crippen molar-refractivity contribution in [2.75, 3.05) is 11.1 Å². The molecular formula is C14H13N5. The molecule has 0 saturated carbocycles. The Morgan fingerprint density at radius 3 is 2.74 bits per heavy atom. The van der Waals surface area contributed by atoms with Gasteiger partial charge in [-0.15, -0.1) is 0 Å². The van der Waals surface area contributed by atoms with Crippen molar-refractivity contribution in [3.05, 3.63) is 54.5 Å². The van der Waals surface area contributed by atoms with Crippen LogP contribution in [0.25, 0.3) is 10.9 Å². The molecule has 0 aliphatic rings. The van der Waals surface area contributed by atoms with Crippen molar-refractivity contribution in [2.45, 2.75) is 6.54 Å². The van der Waals surface area contributed by atoms with Crippen molar-refractivity contribution in [3.63, 3.8) is 0 Å². The molecule has 0 amide bonds. The normalized spacial score (nSPS) is 10.5. The fraction of sp³-hybridized carbons (Fsp3) is 0.0714. The number of hydrogen-bond acceptors (Lipinski definition) is 5. The van der Waals surface area contributed by atoms with Gasteiger partial charge in [0, 0.05) is 18.8 Å². The molecule has 0 spiro atoms. The van der Waals surface area contributed by atoms with Gasteiger partial charge in [-0.1, -0.05) is 30.3 Å². The second-order valence-electron chi connectivity index (χ2n) is 4.19. The highest BCUT2D eigenvalue weighted by Crippen LogP contribution is 2.19. The lowest BCUT2D eigenvalue weighted by Gasteiger charge is -2.08. The highest BCUT2D eigenvalue weighted by molar-refractivity contribution is 5.89. The molecule has 2 heterocycles. The lowest BCUT2D eigenvalue weighted by Crippen LogP contribution is -2.03. The van der Waals surface area contributed by atoms with Crippen LogP contribution in [0.1, 0.15) is 5.56 Å². The zero-order valence-corrected chi connectivity index (χ0v) is 10.2. The zero-order chi connectivity index (χ0) is 13.1. The van der Waals surface area contributed by atoms with Crippen LogP contribution in [-0.4, -0.2) is 15.0 Å². The lowest BCUT2D eigenvalue weighted by atomic mass is 10.2. The Morgan fingerprint density at radius 1 is 1.05 bits per heavy atom. The van der Waals surface area contributed by atoms with Gasteiger partial charge in [0.25, 0.3) is 0 Å². The second kappa shape index (κ2) is 4.89. The third-order valence-electron chi connectivity index (χ3n) is 2.84. The minimum atomic E-state index is 0.459. The van der Waals surface area contributed by atoms with Gasteiger partial charge in [-0.25, -0.2) is 15.0 Å². The summed E-state index contributed by atoms with van der Waals surface area (Å²) in [4.78, 5) is 12.5. The third-order valence-corrected chi connectivity index (χ3v) is 2.84. The van der Waals surface area contributed by atoms with Crippen LogP contribution in [0.15, 0.2) is 48.9 Å². The first-order chi connectivity index (χ1) is 9.33. The van der Waals surface area contributed by atoms with E-state index >= 15 is 0 Å². The van der Waals surface area contributed by atoms with Gasteiger partial charge in [0.1, 0.15) is 18.0 Å². The summed E-state index contributed by atoms with van der Waals surface area (Å²) < 4.78 is 0. The van der Waals surface area contributed by atoms with Crippen LogP contribution in [0.4, 0.5) is 11.6 Å². The molecule has 0 fully saturated rings. The van der Waals surface area contributed by atoms with Crippen molar-refractivity contribution < 1.29 is 0 Å². The number of nitrogen functional groups attached to an aromatic ring is 1. The summed E-state index contributed by atoms with van der Waals surface area (Å²) in [6.45, 7) is 0.706. The lowest BCUT2D eigenvalue weighted by molar-refractivity contribution is 1.10. The molecule has 0 aliphatic carbocycles. The molecule has 0 bridgehead atoms. The molecule has 3 N–H and O–H groups in total. The van der Waals surface area contributed by atoms with Crippen molar-refractivity contribution >= 4 is 22.5 Å². The first-order valence-electron chi connectivity index (χ1n) is 5.97. The van der Waals surface area contributed by atoms with Crippen molar-refractivity contribution in [3.8, 4) is 0 Å². The molecule has 3 rings (SSSR count). The average molecular weight is 251 g/mol. The van der Waals surface area contributed by atoms with Gasteiger partial charge < -0.3 is 11.1 Å². The predicted molar refractivity (Wildman–Crippen MR) is 75.5 cm³/mol. The first kappa shape index (κ1) is 11.4. The van der Waals surface area contributed by atoms with Crippen LogP contribution < -0.4 is 11.1 Å². The van der Waals surface area contributed by atoms with E-state index in [1.807, 2.05) is 18.2 Å². The highest BCUT2D eigenvalue weighted by Gasteiger charge is 2.04. The van der Waals surface area contributed by atoms with E-state index in [0.29, 0.717) is 12.4 Å². The first-order valence-corrected chi connectivity index (χ1v) is 5.97. The smallest absolute Gasteiger partial charge is 0.139 e. The number of aromatic nitrogens is 3. The van der Waals surface area contributed by atoms with Crippen LogP contribution in [0, 0.1) is 0 Å². The Hall–Kier alpha value is -2.69. The number of rotatable bonds is 3. The molecule has 19 heavy (non-hydrogen) atoms. The minimum Gasteiger partial charge on any atom is -0.384 e. The topological polar surface area (TPSA) is 76.7 Å². The van der Waals surface area contributed by atoms with Gasteiger partial charge >= 0.3 is 0 Å². The number of nitrogens with zero attached hydrogens (tertiary/aromatic N) is 3. The van der Waals surface area contributed by atoms with E-state index in [0.717, 1.165) is 16.7 Å². The van der Waals surface area contributed by atoms with E-state index in [2.05, 4.69) is 32.4 Å². The number of anilines is 2. The largest absolute Gasteiger partial charge is 0.384 e. The number of hydrogen-bond donors (Lipinski definition) is 2. The maximum Gasteiger partial charge on any atom is 0.139 e. The van der Waals surface area contributed by atoms with Crippen molar-refractivity contribution in [2.24, 2.45) is 0 Å². The quantitative estimate of drug-likeness (QED) is 0.746. The maximum absolute atomic E-state index is 5.65.